The molecule has 5 aliphatic rings. The van der Waals surface area contributed by atoms with Crippen LogP contribution in [0.4, 0.5) is 0 Å². The quantitative estimate of drug-likeness (QED) is 0.329. The lowest BCUT2D eigenvalue weighted by molar-refractivity contribution is -0.191. The molecule has 10 atom stereocenters. The highest BCUT2D eigenvalue weighted by atomic mass is 16.6. The van der Waals surface area contributed by atoms with Gasteiger partial charge in [0.15, 0.2) is 0 Å². The van der Waals surface area contributed by atoms with Gasteiger partial charge in [0.25, 0.3) is 0 Å². The van der Waals surface area contributed by atoms with Crippen LogP contribution >= 0.6 is 0 Å². The molecule has 0 aromatic rings. The molecule has 2 saturated carbocycles. The molecule has 0 radical (unpaired) electrons. The van der Waals surface area contributed by atoms with Gasteiger partial charge in [-0.3, -0.25) is 4.79 Å². The molecule has 0 unspecified atom stereocenters. The molecule has 4 nitrogen and oxygen atoms in total. The van der Waals surface area contributed by atoms with E-state index < -0.39 is 0 Å². The standard InChI is InChI=1S/C32H50O4/c1-18(2)16-23-28(35-20(4)33)19(3)27-24(36-23)17-32(9)22-10-11-25-29(5,6)26(34)13-14-30(25,7)21(22)12-15-31(27,32)8/h16,19,23-28,34H,10-15,17H2,1-9H3/t19-,23-,24+,25-,26-,27+,28-,30-,31+,32+/m0/s1. The molecular weight excluding hydrogens is 448 g/mol. The Labute approximate surface area is 219 Å². The largest absolute Gasteiger partial charge is 0.459 e. The van der Waals surface area contributed by atoms with E-state index in [1.165, 1.54) is 25.3 Å². The Kier molecular flexibility index (Phi) is 6.20. The molecular formula is C32H50O4. The molecule has 1 N–H and O–H groups in total. The van der Waals surface area contributed by atoms with E-state index in [-0.39, 0.29) is 58.0 Å². The Hall–Kier alpha value is -1.13. The number of hydrogen-bond acceptors (Lipinski definition) is 4. The van der Waals surface area contributed by atoms with Crippen LogP contribution in [-0.4, -0.2) is 35.5 Å². The first kappa shape index (κ1) is 26.5. The molecule has 0 amide bonds. The minimum Gasteiger partial charge on any atom is -0.459 e. The lowest BCUT2D eigenvalue weighted by Gasteiger charge is -2.62. The highest BCUT2D eigenvalue weighted by molar-refractivity contribution is 5.66. The van der Waals surface area contributed by atoms with Crippen molar-refractivity contribution in [3.8, 4) is 0 Å². The monoisotopic (exact) mass is 498 g/mol. The third-order valence-electron chi connectivity index (χ3n) is 12.3. The van der Waals surface area contributed by atoms with Crippen molar-refractivity contribution < 1.29 is 19.4 Å². The fraction of sp³-hybridized carbons (Fsp3) is 0.844. The van der Waals surface area contributed by atoms with Crippen LogP contribution in [0.15, 0.2) is 22.8 Å². The van der Waals surface area contributed by atoms with E-state index in [1.54, 1.807) is 11.1 Å². The molecule has 0 aromatic heterocycles. The van der Waals surface area contributed by atoms with Crippen molar-refractivity contribution >= 4 is 5.97 Å². The predicted octanol–water partition coefficient (Wildman–Crippen LogP) is 7.01. The van der Waals surface area contributed by atoms with Crippen LogP contribution in [0, 0.1) is 39.4 Å². The average Bonchev–Trinajstić information content (AvgIpc) is 3.00. The number of fused-ring (bicyclic) bond motifs is 6. The van der Waals surface area contributed by atoms with Gasteiger partial charge in [-0.15, -0.1) is 0 Å². The molecule has 4 heteroatoms. The summed E-state index contributed by atoms with van der Waals surface area (Å²) in [6.07, 6.45) is 9.46. The van der Waals surface area contributed by atoms with Gasteiger partial charge in [-0.2, -0.15) is 0 Å². The Morgan fingerprint density at radius 3 is 2.36 bits per heavy atom. The van der Waals surface area contributed by atoms with Crippen LogP contribution in [0.1, 0.15) is 107 Å². The van der Waals surface area contributed by atoms with Gasteiger partial charge < -0.3 is 14.6 Å². The van der Waals surface area contributed by atoms with E-state index in [1.807, 2.05) is 0 Å². The topological polar surface area (TPSA) is 55.8 Å². The molecule has 1 aliphatic heterocycles. The number of hydrogen-bond donors (Lipinski definition) is 1. The van der Waals surface area contributed by atoms with Crippen molar-refractivity contribution in [2.24, 2.45) is 39.4 Å². The van der Waals surface area contributed by atoms with Crippen molar-refractivity contribution in [2.45, 2.75) is 132 Å². The van der Waals surface area contributed by atoms with Crippen molar-refractivity contribution in [2.75, 3.05) is 0 Å². The molecule has 202 valence electrons. The van der Waals surface area contributed by atoms with Gasteiger partial charge in [-0.25, -0.2) is 0 Å². The number of aliphatic hydroxyl groups excluding tert-OH is 1. The van der Waals surface area contributed by atoms with Crippen molar-refractivity contribution in [1.29, 1.82) is 0 Å². The summed E-state index contributed by atoms with van der Waals surface area (Å²) in [4.78, 5) is 12.1. The van der Waals surface area contributed by atoms with Crippen LogP contribution in [0.5, 0.6) is 0 Å². The Balaban J connectivity index is 1.56. The van der Waals surface area contributed by atoms with Gasteiger partial charge in [0, 0.05) is 12.8 Å². The normalized spacial score (nSPS) is 49.3. The Morgan fingerprint density at radius 1 is 1.03 bits per heavy atom. The number of aliphatic hydroxyl groups is 1. The number of carbonyl (C=O) groups excluding carboxylic acids is 1. The maximum Gasteiger partial charge on any atom is 0.303 e. The van der Waals surface area contributed by atoms with Crippen molar-refractivity contribution in [1.82, 2.24) is 0 Å². The van der Waals surface area contributed by atoms with E-state index in [9.17, 15) is 9.90 Å². The third-order valence-corrected chi connectivity index (χ3v) is 12.3. The zero-order valence-electron chi connectivity index (χ0n) is 24.2. The van der Waals surface area contributed by atoms with Gasteiger partial charge in [0.2, 0.25) is 0 Å². The summed E-state index contributed by atoms with van der Waals surface area (Å²) in [5, 5.41) is 10.9. The summed E-state index contributed by atoms with van der Waals surface area (Å²) in [5.41, 5.74) is 5.01. The number of carbonyl (C=O) groups is 1. The number of allylic oxidation sites excluding steroid dienone is 3. The van der Waals surface area contributed by atoms with Crippen LogP contribution in [0.2, 0.25) is 0 Å². The summed E-state index contributed by atoms with van der Waals surface area (Å²) >= 11 is 0. The Bertz CT molecular complexity index is 988. The fourth-order valence-corrected chi connectivity index (χ4v) is 10.4. The molecule has 1 saturated heterocycles. The molecule has 36 heavy (non-hydrogen) atoms. The molecule has 0 bridgehead atoms. The summed E-state index contributed by atoms with van der Waals surface area (Å²) in [5.74, 6) is 0.944. The second-order valence-corrected chi connectivity index (χ2v) is 14.6. The van der Waals surface area contributed by atoms with Crippen LogP contribution in [0.3, 0.4) is 0 Å². The fourth-order valence-electron chi connectivity index (χ4n) is 10.4. The van der Waals surface area contributed by atoms with Crippen LogP contribution in [-0.2, 0) is 14.3 Å². The predicted molar refractivity (Wildman–Crippen MR) is 143 cm³/mol. The summed E-state index contributed by atoms with van der Waals surface area (Å²) < 4.78 is 12.8. The number of rotatable bonds is 2. The second-order valence-electron chi connectivity index (χ2n) is 14.6. The summed E-state index contributed by atoms with van der Waals surface area (Å²) in [7, 11) is 0. The van der Waals surface area contributed by atoms with Crippen molar-refractivity contribution in [3.05, 3.63) is 22.8 Å². The lowest BCUT2D eigenvalue weighted by Crippen LogP contribution is -2.56. The summed E-state index contributed by atoms with van der Waals surface area (Å²) in [6.45, 7) is 20.2. The van der Waals surface area contributed by atoms with Crippen molar-refractivity contribution in [3.63, 3.8) is 0 Å². The minimum atomic E-state index is -0.234. The molecule has 3 fully saturated rings. The second kappa shape index (κ2) is 8.43. The van der Waals surface area contributed by atoms with Gasteiger partial charge in [0.1, 0.15) is 12.2 Å². The lowest BCUT2D eigenvalue weighted by atomic mass is 9.43. The average molecular weight is 499 g/mol. The van der Waals surface area contributed by atoms with Crippen LogP contribution < -0.4 is 0 Å². The SMILES string of the molecule is CC(=O)O[C@H]1[C@@H](C)[C@@H]2[C@@H](C[C@]3(C)C4=C(CC[C@]23C)[C@]2(C)CC[C@H](O)C(C)(C)[C@@H]2CC4)O[C@H]1C=C(C)C. The Morgan fingerprint density at radius 2 is 1.72 bits per heavy atom. The highest BCUT2D eigenvalue weighted by Gasteiger charge is 2.68. The first-order valence-electron chi connectivity index (χ1n) is 14.6. The molecule has 1 heterocycles. The van der Waals surface area contributed by atoms with E-state index in [2.05, 4.69) is 61.5 Å². The van der Waals surface area contributed by atoms with E-state index in [4.69, 9.17) is 9.47 Å². The zero-order chi connectivity index (χ0) is 26.4. The van der Waals surface area contributed by atoms with Gasteiger partial charge in [-0.05, 0) is 92.3 Å². The summed E-state index contributed by atoms with van der Waals surface area (Å²) in [6, 6.07) is 0. The molecule has 4 aliphatic carbocycles. The number of esters is 1. The van der Waals surface area contributed by atoms with Gasteiger partial charge in [-0.1, -0.05) is 64.3 Å². The first-order chi connectivity index (χ1) is 16.7. The minimum absolute atomic E-state index is 0.0384. The molecule has 5 rings (SSSR count). The maximum atomic E-state index is 12.1. The van der Waals surface area contributed by atoms with E-state index in [0.717, 1.165) is 32.1 Å². The smallest absolute Gasteiger partial charge is 0.303 e. The van der Waals surface area contributed by atoms with Gasteiger partial charge in [0.05, 0.1) is 12.2 Å². The zero-order valence-corrected chi connectivity index (χ0v) is 24.2. The maximum absolute atomic E-state index is 12.1. The molecule has 0 aromatic carbocycles. The third kappa shape index (κ3) is 3.49. The van der Waals surface area contributed by atoms with Crippen LogP contribution in [0.25, 0.3) is 0 Å². The highest BCUT2D eigenvalue weighted by Crippen LogP contribution is 2.73. The van der Waals surface area contributed by atoms with E-state index >= 15 is 0 Å². The first-order valence-corrected chi connectivity index (χ1v) is 14.6. The molecule has 0 spiro atoms. The van der Waals surface area contributed by atoms with E-state index in [0.29, 0.717) is 11.8 Å². The number of ether oxygens (including phenoxy) is 2. The van der Waals surface area contributed by atoms with Gasteiger partial charge >= 0.3 is 5.97 Å².